The van der Waals surface area contributed by atoms with Gasteiger partial charge in [0.15, 0.2) is 0 Å². The molecule has 2 rings (SSSR count). The average Bonchev–Trinajstić information content (AvgIpc) is 2.75. The van der Waals surface area contributed by atoms with Crippen molar-refractivity contribution in [2.75, 3.05) is 13.6 Å². The van der Waals surface area contributed by atoms with Crippen LogP contribution in [-0.2, 0) is 11.2 Å². The lowest BCUT2D eigenvalue weighted by molar-refractivity contribution is -0.121. The molecule has 0 bridgehead atoms. The minimum atomic E-state index is 0.105. The molecule has 1 aromatic rings. The van der Waals surface area contributed by atoms with Crippen LogP contribution in [-0.4, -0.2) is 19.5 Å². The van der Waals surface area contributed by atoms with Gasteiger partial charge in [-0.3, -0.25) is 4.79 Å². The summed E-state index contributed by atoms with van der Waals surface area (Å²) in [5, 5.41) is 6.03. The van der Waals surface area contributed by atoms with Crippen LogP contribution in [0.4, 0.5) is 0 Å². The van der Waals surface area contributed by atoms with E-state index in [2.05, 4.69) is 10.6 Å². The van der Waals surface area contributed by atoms with Crippen molar-refractivity contribution in [3.05, 3.63) is 23.7 Å². The lowest BCUT2D eigenvalue weighted by Gasteiger charge is -2.22. The topological polar surface area (TPSA) is 54.3 Å². The molecule has 88 valence electrons. The Morgan fingerprint density at radius 3 is 3.31 bits per heavy atom. The second-order valence-corrected chi connectivity index (χ2v) is 4.17. The predicted molar refractivity (Wildman–Crippen MR) is 61.1 cm³/mol. The molecule has 1 heterocycles. The number of hydrogen-bond acceptors (Lipinski definition) is 3. The van der Waals surface area contributed by atoms with Gasteiger partial charge in [0.25, 0.3) is 0 Å². The SMILES string of the molecule is CNCCC(=O)NC1CCCc2occc21. The van der Waals surface area contributed by atoms with Crippen LogP contribution in [0.2, 0.25) is 0 Å². The highest BCUT2D eigenvalue weighted by Gasteiger charge is 2.23. The molecule has 1 aromatic heterocycles. The van der Waals surface area contributed by atoms with E-state index in [1.807, 2.05) is 13.1 Å². The molecule has 0 saturated carbocycles. The molecule has 1 aliphatic carbocycles. The van der Waals surface area contributed by atoms with E-state index in [1.165, 1.54) is 0 Å². The molecule has 0 aromatic carbocycles. The second kappa shape index (κ2) is 5.16. The minimum Gasteiger partial charge on any atom is -0.469 e. The first kappa shape index (κ1) is 11.2. The van der Waals surface area contributed by atoms with Crippen LogP contribution >= 0.6 is 0 Å². The summed E-state index contributed by atoms with van der Waals surface area (Å²) in [4.78, 5) is 11.6. The van der Waals surface area contributed by atoms with E-state index in [1.54, 1.807) is 6.26 Å². The van der Waals surface area contributed by atoms with E-state index in [0.717, 1.165) is 37.1 Å². The number of nitrogens with one attached hydrogen (secondary N) is 2. The van der Waals surface area contributed by atoms with Crippen LogP contribution in [0.1, 0.15) is 36.6 Å². The highest BCUT2D eigenvalue weighted by atomic mass is 16.3. The van der Waals surface area contributed by atoms with Crippen LogP contribution in [0.15, 0.2) is 16.7 Å². The highest BCUT2D eigenvalue weighted by Crippen LogP contribution is 2.30. The minimum absolute atomic E-state index is 0.105. The van der Waals surface area contributed by atoms with Gasteiger partial charge in [0.05, 0.1) is 12.3 Å². The van der Waals surface area contributed by atoms with Crippen LogP contribution in [0.3, 0.4) is 0 Å². The zero-order valence-corrected chi connectivity index (χ0v) is 9.58. The second-order valence-electron chi connectivity index (χ2n) is 4.17. The standard InChI is InChI=1S/C12H18N2O2/c1-13-7-5-12(15)14-10-3-2-4-11-9(10)6-8-16-11/h6,8,10,13H,2-5,7H2,1H3,(H,14,15). The van der Waals surface area contributed by atoms with Crippen molar-refractivity contribution in [2.45, 2.75) is 31.7 Å². The fourth-order valence-corrected chi connectivity index (χ4v) is 2.14. The highest BCUT2D eigenvalue weighted by molar-refractivity contribution is 5.76. The summed E-state index contributed by atoms with van der Waals surface area (Å²) < 4.78 is 5.39. The van der Waals surface area contributed by atoms with E-state index in [0.29, 0.717) is 6.42 Å². The Labute approximate surface area is 95.4 Å². The van der Waals surface area contributed by atoms with Crippen LogP contribution in [0.5, 0.6) is 0 Å². The fourth-order valence-electron chi connectivity index (χ4n) is 2.14. The molecular weight excluding hydrogens is 204 g/mol. The molecule has 0 radical (unpaired) electrons. The molecule has 0 spiro atoms. The van der Waals surface area contributed by atoms with E-state index < -0.39 is 0 Å². The van der Waals surface area contributed by atoms with Crippen molar-refractivity contribution in [1.29, 1.82) is 0 Å². The quantitative estimate of drug-likeness (QED) is 0.809. The molecule has 1 amide bonds. The number of carbonyl (C=O) groups excluding carboxylic acids is 1. The summed E-state index contributed by atoms with van der Waals surface area (Å²) in [6.45, 7) is 0.719. The average molecular weight is 222 g/mol. The van der Waals surface area contributed by atoms with Gasteiger partial charge in [0.1, 0.15) is 5.76 Å². The number of furan rings is 1. The molecule has 4 heteroatoms. The molecule has 1 unspecified atom stereocenters. The summed E-state index contributed by atoms with van der Waals surface area (Å²) in [6.07, 6.45) is 5.32. The monoisotopic (exact) mass is 222 g/mol. The Morgan fingerprint density at radius 1 is 1.62 bits per heavy atom. The summed E-state index contributed by atoms with van der Waals surface area (Å²) in [6, 6.07) is 2.11. The Bertz CT molecular complexity index is 360. The molecule has 1 aliphatic rings. The molecule has 4 nitrogen and oxygen atoms in total. The zero-order valence-electron chi connectivity index (χ0n) is 9.58. The third-order valence-electron chi connectivity index (χ3n) is 2.99. The van der Waals surface area contributed by atoms with Gasteiger partial charge in [-0.2, -0.15) is 0 Å². The predicted octanol–water partition coefficient (Wildman–Crippen LogP) is 1.38. The largest absolute Gasteiger partial charge is 0.469 e. The normalized spacial score (nSPS) is 19.2. The van der Waals surface area contributed by atoms with Gasteiger partial charge >= 0.3 is 0 Å². The number of rotatable bonds is 4. The van der Waals surface area contributed by atoms with E-state index in [4.69, 9.17) is 4.42 Å². The Morgan fingerprint density at radius 2 is 2.50 bits per heavy atom. The first-order valence-corrected chi connectivity index (χ1v) is 5.81. The number of carbonyl (C=O) groups is 1. The molecule has 1 atom stereocenters. The molecule has 16 heavy (non-hydrogen) atoms. The third-order valence-corrected chi connectivity index (χ3v) is 2.99. The van der Waals surface area contributed by atoms with Crippen molar-refractivity contribution in [1.82, 2.24) is 10.6 Å². The number of fused-ring (bicyclic) bond motifs is 1. The maximum absolute atomic E-state index is 11.6. The lowest BCUT2D eigenvalue weighted by atomic mass is 9.93. The molecule has 0 fully saturated rings. The number of aryl methyl sites for hydroxylation is 1. The van der Waals surface area contributed by atoms with Gasteiger partial charge < -0.3 is 15.1 Å². The fraction of sp³-hybridized carbons (Fsp3) is 0.583. The van der Waals surface area contributed by atoms with E-state index in [-0.39, 0.29) is 11.9 Å². The van der Waals surface area contributed by atoms with Crippen molar-refractivity contribution in [2.24, 2.45) is 0 Å². The van der Waals surface area contributed by atoms with E-state index in [9.17, 15) is 4.79 Å². The van der Waals surface area contributed by atoms with Crippen molar-refractivity contribution >= 4 is 5.91 Å². The van der Waals surface area contributed by atoms with Gasteiger partial charge in [-0.25, -0.2) is 0 Å². The van der Waals surface area contributed by atoms with Crippen LogP contribution in [0.25, 0.3) is 0 Å². The summed E-state index contributed by atoms with van der Waals surface area (Å²) in [5.41, 5.74) is 1.16. The van der Waals surface area contributed by atoms with Crippen molar-refractivity contribution in [3.63, 3.8) is 0 Å². The maximum atomic E-state index is 11.6. The van der Waals surface area contributed by atoms with E-state index >= 15 is 0 Å². The molecule has 0 aliphatic heterocycles. The Kier molecular flexibility index (Phi) is 3.62. The Hall–Kier alpha value is -1.29. The van der Waals surface area contributed by atoms with Gasteiger partial charge in [-0.05, 0) is 26.0 Å². The summed E-state index contributed by atoms with van der Waals surface area (Å²) in [7, 11) is 1.85. The summed E-state index contributed by atoms with van der Waals surface area (Å²) in [5.74, 6) is 1.14. The first-order valence-electron chi connectivity index (χ1n) is 5.81. The smallest absolute Gasteiger partial charge is 0.221 e. The molecule has 2 N–H and O–H groups in total. The molecular formula is C12H18N2O2. The maximum Gasteiger partial charge on any atom is 0.221 e. The zero-order chi connectivity index (χ0) is 11.4. The van der Waals surface area contributed by atoms with Gasteiger partial charge in [-0.15, -0.1) is 0 Å². The van der Waals surface area contributed by atoms with Crippen LogP contribution in [0, 0.1) is 0 Å². The lowest BCUT2D eigenvalue weighted by Crippen LogP contribution is -2.32. The number of amides is 1. The van der Waals surface area contributed by atoms with Gasteiger partial charge in [0.2, 0.25) is 5.91 Å². The molecule has 0 saturated heterocycles. The third kappa shape index (κ3) is 2.44. The number of hydrogen-bond donors (Lipinski definition) is 2. The van der Waals surface area contributed by atoms with Gasteiger partial charge in [0, 0.05) is 24.9 Å². The Balaban J connectivity index is 1.94. The van der Waals surface area contributed by atoms with Crippen molar-refractivity contribution < 1.29 is 9.21 Å². The summed E-state index contributed by atoms with van der Waals surface area (Å²) >= 11 is 0. The van der Waals surface area contributed by atoms with Crippen LogP contribution < -0.4 is 10.6 Å². The first-order chi connectivity index (χ1) is 7.81. The van der Waals surface area contributed by atoms with Gasteiger partial charge in [-0.1, -0.05) is 0 Å². The van der Waals surface area contributed by atoms with Crippen molar-refractivity contribution in [3.8, 4) is 0 Å².